The molecule has 0 saturated heterocycles. The van der Waals surface area contributed by atoms with Crippen LogP contribution in [-0.4, -0.2) is 22.3 Å². The lowest BCUT2D eigenvalue weighted by Crippen LogP contribution is -2.27. The summed E-state index contributed by atoms with van der Waals surface area (Å²) in [4.78, 5) is 1.18. The summed E-state index contributed by atoms with van der Waals surface area (Å²) in [5, 5.41) is 17.8. The minimum atomic E-state index is -1.21. The van der Waals surface area contributed by atoms with E-state index in [1.807, 2.05) is 24.3 Å². The summed E-state index contributed by atoms with van der Waals surface area (Å²) in [6.07, 6.45) is 0.762. The van der Waals surface area contributed by atoms with Crippen molar-refractivity contribution in [3.8, 4) is 0 Å². The maximum absolute atomic E-state index is 8.96. The smallest absolute Gasteiger partial charge is 0.426 e. The second-order valence-electron chi connectivity index (χ2n) is 2.88. The molecule has 1 atom stereocenters. The predicted molar refractivity (Wildman–Crippen MR) is 50.0 cm³/mol. The van der Waals surface area contributed by atoms with E-state index in [9.17, 15) is 0 Å². The van der Waals surface area contributed by atoms with Crippen LogP contribution in [-0.2, 0) is 6.42 Å². The molecule has 1 aliphatic heterocycles. The van der Waals surface area contributed by atoms with Gasteiger partial charge in [0.2, 0.25) is 0 Å². The Labute approximate surface area is 75.8 Å². The van der Waals surface area contributed by atoms with Crippen LogP contribution >= 0.6 is 11.8 Å². The lowest BCUT2D eigenvalue weighted by atomic mass is 9.82. The molecule has 0 aliphatic carbocycles. The van der Waals surface area contributed by atoms with Gasteiger partial charge in [-0.1, -0.05) is 18.2 Å². The van der Waals surface area contributed by atoms with Gasteiger partial charge in [-0.25, -0.2) is 0 Å². The molecule has 0 amide bonds. The molecule has 2 N–H and O–H groups in total. The van der Waals surface area contributed by atoms with Gasteiger partial charge < -0.3 is 10.0 Å². The van der Waals surface area contributed by atoms with Gasteiger partial charge in [0.25, 0.3) is 0 Å². The average molecular weight is 180 g/mol. The molecule has 1 heterocycles. The van der Waals surface area contributed by atoms with Gasteiger partial charge in [0.15, 0.2) is 0 Å². The molecule has 1 unspecified atom stereocenters. The Morgan fingerprint density at radius 2 is 2.08 bits per heavy atom. The molecule has 0 aromatic heterocycles. The number of hydrogen-bond donors (Lipinski definition) is 2. The number of rotatable bonds is 1. The Kier molecular flexibility index (Phi) is 2.13. The Balaban J connectivity index is 2.22. The number of hydrogen-bond acceptors (Lipinski definition) is 3. The van der Waals surface area contributed by atoms with E-state index in [1.54, 1.807) is 11.8 Å². The van der Waals surface area contributed by atoms with Crippen LogP contribution in [0.15, 0.2) is 29.2 Å². The molecule has 0 fully saturated rings. The fourth-order valence-electron chi connectivity index (χ4n) is 1.38. The number of fused-ring (bicyclic) bond motifs is 1. The van der Waals surface area contributed by atoms with Crippen LogP contribution in [0.3, 0.4) is 0 Å². The van der Waals surface area contributed by atoms with Crippen molar-refractivity contribution in [1.82, 2.24) is 0 Å². The molecule has 12 heavy (non-hydrogen) atoms. The number of benzene rings is 1. The Bertz CT molecular complexity index is 265. The first-order valence-corrected chi connectivity index (χ1v) is 4.76. The van der Waals surface area contributed by atoms with E-state index in [2.05, 4.69) is 0 Å². The number of thioether (sulfide) groups is 1. The van der Waals surface area contributed by atoms with E-state index in [1.165, 1.54) is 10.5 Å². The molecule has 0 bridgehead atoms. The molecule has 4 heteroatoms. The fourth-order valence-corrected chi connectivity index (χ4v) is 2.55. The molecule has 2 nitrogen and oxygen atoms in total. The van der Waals surface area contributed by atoms with E-state index in [0.717, 1.165) is 6.42 Å². The zero-order valence-corrected chi connectivity index (χ0v) is 7.29. The van der Waals surface area contributed by atoms with Crippen LogP contribution in [0, 0.1) is 0 Å². The maximum Gasteiger partial charge on any atom is 0.466 e. The zero-order valence-electron chi connectivity index (χ0n) is 6.47. The highest BCUT2D eigenvalue weighted by molar-refractivity contribution is 8.01. The van der Waals surface area contributed by atoms with Crippen molar-refractivity contribution in [2.75, 3.05) is 0 Å². The minimum Gasteiger partial charge on any atom is -0.426 e. The van der Waals surface area contributed by atoms with Gasteiger partial charge in [-0.05, 0) is 18.1 Å². The maximum atomic E-state index is 8.96. The van der Waals surface area contributed by atoms with Crippen molar-refractivity contribution in [1.29, 1.82) is 0 Å². The highest BCUT2D eigenvalue weighted by Gasteiger charge is 2.30. The van der Waals surface area contributed by atoms with Crippen LogP contribution in [0.25, 0.3) is 0 Å². The summed E-state index contributed by atoms with van der Waals surface area (Å²) in [6, 6.07) is 8.00. The Hall–Kier alpha value is -0.445. The van der Waals surface area contributed by atoms with Gasteiger partial charge in [0.05, 0.1) is 0 Å². The zero-order chi connectivity index (χ0) is 8.55. The molecule has 1 aliphatic rings. The van der Waals surface area contributed by atoms with Gasteiger partial charge in [0.1, 0.15) is 0 Å². The van der Waals surface area contributed by atoms with Crippen molar-refractivity contribution in [3.63, 3.8) is 0 Å². The largest absolute Gasteiger partial charge is 0.466 e. The van der Waals surface area contributed by atoms with E-state index < -0.39 is 7.12 Å². The van der Waals surface area contributed by atoms with Crippen molar-refractivity contribution >= 4 is 18.9 Å². The quantitative estimate of drug-likeness (QED) is 0.625. The molecule has 1 aromatic rings. The molecule has 2 rings (SSSR count). The molecule has 0 spiro atoms. The summed E-state index contributed by atoms with van der Waals surface area (Å²) < 4.78 is 0. The SMILES string of the molecule is OB(O)C1Cc2ccccc2S1. The standard InChI is InChI=1S/C8H9BO2S/c10-9(11)8-5-6-3-1-2-4-7(6)12-8/h1-4,8,10-11H,5H2. The second kappa shape index (κ2) is 3.13. The molecule has 62 valence electrons. The molecular weight excluding hydrogens is 171 g/mol. The fraction of sp³-hybridized carbons (Fsp3) is 0.250. The first-order valence-electron chi connectivity index (χ1n) is 3.88. The van der Waals surface area contributed by atoms with Crippen molar-refractivity contribution < 1.29 is 10.0 Å². The van der Waals surface area contributed by atoms with E-state index >= 15 is 0 Å². The minimum absolute atomic E-state index is 0.0811. The van der Waals surface area contributed by atoms with Gasteiger partial charge in [0, 0.05) is 10.0 Å². The van der Waals surface area contributed by atoms with Crippen LogP contribution in [0.5, 0.6) is 0 Å². The highest BCUT2D eigenvalue weighted by Crippen LogP contribution is 2.36. The van der Waals surface area contributed by atoms with Gasteiger partial charge in [-0.2, -0.15) is 0 Å². The van der Waals surface area contributed by atoms with Gasteiger partial charge in [-0.15, -0.1) is 11.8 Å². The van der Waals surface area contributed by atoms with Crippen molar-refractivity contribution in [2.24, 2.45) is 0 Å². The normalized spacial score (nSPS) is 20.7. The topological polar surface area (TPSA) is 40.5 Å². The first-order chi connectivity index (χ1) is 5.77. The van der Waals surface area contributed by atoms with Crippen LogP contribution in [0.1, 0.15) is 5.56 Å². The highest BCUT2D eigenvalue weighted by atomic mass is 32.2. The molecular formula is C8H9BO2S. The monoisotopic (exact) mass is 180 g/mol. The van der Waals surface area contributed by atoms with Crippen LogP contribution in [0.2, 0.25) is 0 Å². The Morgan fingerprint density at radius 1 is 1.33 bits per heavy atom. The Morgan fingerprint density at radius 3 is 2.75 bits per heavy atom. The third-order valence-electron chi connectivity index (χ3n) is 2.00. The summed E-state index contributed by atoms with van der Waals surface area (Å²) in [6.45, 7) is 0. The molecule has 0 saturated carbocycles. The molecule has 0 radical (unpaired) electrons. The third kappa shape index (κ3) is 1.37. The van der Waals surface area contributed by atoms with Crippen LogP contribution in [0.4, 0.5) is 0 Å². The van der Waals surface area contributed by atoms with E-state index in [4.69, 9.17) is 10.0 Å². The third-order valence-corrected chi connectivity index (χ3v) is 3.37. The summed E-state index contributed by atoms with van der Waals surface area (Å²) in [5.74, 6) is 0. The summed E-state index contributed by atoms with van der Waals surface area (Å²) in [7, 11) is -1.21. The lowest BCUT2D eigenvalue weighted by molar-refractivity contribution is 0.402. The first kappa shape index (κ1) is 8.17. The second-order valence-corrected chi connectivity index (χ2v) is 4.16. The molecule has 1 aromatic carbocycles. The summed E-state index contributed by atoms with van der Waals surface area (Å²) >= 11 is 1.54. The van der Waals surface area contributed by atoms with Gasteiger partial charge >= 0.3 is 7.12 Å². The van der Waals surface area contributed by atoms with Gasteiger partial charge in [-0.3, -0.25) is 0 Å². The average Bonchev–Trinajstić information content (AvgIpc) is 2.46. The van der Waals surface area contributed by atoms with Crippen molar-refractivity contribution in [3.05, 3.63) is 29.8 Å². The lowest BCUT2D eigenvalue weighted by Gasteiger charge is -2.03. The summed E-state index contributed by atoms with van der Waals surface area (Å²) in [5.41, 5.74) is 1.22. The van der Waals surface area contributed by atoms with E-state index in [0.29, 0.717) is 0 Å². The van der Waals surface area contributed by atoms with E-state index in [-0.39, 0.29) is 5.15 Å². The van der Waals surface area contributed by atoms with Crippen molar-refractivity contribution in [2.45, 2.75) is 16.5 Å². The van der Waals surface area contributed by atoms with Crippen LogP contribution < -0.4 is 0 Å². The predicted octanol–water partition coefficient (Wildman–Crippen LogP) is 0.715.